The maximum atomic E-state index is 12.6. The molecule has 1 N–H and O–H groups in total. The summed E-state index contributed by atoms with van der Waals surface area (Å²) in [5, 5.41) is 9.49. The Hall–Kier alpha value is -1.68. The third-order valence-corrected chi connectivity index (χ3v) is 2.98. The average molecular weight is 358 g/mol. The molecule has 0 saturated heterocycles. The van der Waals surface area contributed by atoms with Gasteiger partial charge >= 0.3 is 12.4 Å². The molecule has 0 radical (unpaired) electrons. The molecular weight excluding hydrogens is 350 g/mol. The summed E-state index contributed by atoms with van der Waals surface area (Å²) < 4.78 is 126. The molecule has 0 aliphatic rings. The van der Waals surface area contributed by atoms with Gasteiger partial charge in [-0.2, -0.15) is 26.3 Å². The van der Waals surface area contributed by atoms with Crippen molar-refractivity contribution in [2.24, 2.45) is 0 Å². The third kappa shape index (κ3) is 4.20. The number of hydrogen-bond acceptors (Lipinski definition) is 1. The number of benzene rings is 1. The molecule has 2 atom stereocenters. The highest BCUT2D eigenvalue weighted by atomic mass is 19.4. The monoisotopic (exact) mass is 358 g/mol. The largest absolute Gasteiger partial charge is 0.507 e. The number of aromatic hydroxyl groups is 1. The van der Waals surface area contributed by atoms with Gasteiger partial charge in [-0.25, -0.2) is 17.6 Å². The maximum absolute atomic E-state index is 12.6. The Labute approximate surface area is 122 Å². The van der Waals surface area contributed by atoms with Crippen LogP contribution in [0.15, 0.2) is 18.2 Å². The minimum atomic E-state index is -5.59. The molecule has 23 heavy (non-hydrogen) atoms. The van der Waals surface area contributed by atoms with E-state index in [0.717, 1.165) is 0 Å². The fourth-order valence-electron chi connectivity index (χ4n) is 1.99. The number of phenols is 1. The smallest absolute Gasteiger partial charge is 0.401 e. The molecule has 2 unspecified atom stereocenters. The van der Waals surface area contributed by atoms with Gasteiger partial charge in [-0.15, -0.1) is 0 Å². The van der Waals surface area contributed by atoms with Gasteiger partial charge in [-0.1, -0.05) is 18.2 Å². The van der Waals surface area contributed by atoms with Crippen LogP contribution in [0.5, 0.6) is 5.75 Å². The normalized spacial score (nSPS) is 16.0. The molecule has 0 aliphatic heterocycles. The molecule has 0 amide bonds. The van der Waals surface area contributed by atoms with Crippen molar-refractivity contribution in [1.29, 1.82) is 0 Å². The van der Waals surface area contributed by atoms with E-state index in [0.29, 0.717) is 18.2 Å². The van der Waals surface area contributed by atoms with Crippen LogP contribution in [0.1, 0.15) is 23.0 Å². The molecular formula is C12H8F10O. The number of phenolic OH excluding ortho intramolecular Hbond substituents is 1. The summed E-state index contributed by atoms with van der Waals surface area (Å²) >= 11 is 0. The quantitative estimate of drug-likeness (QED) is 0.733. The summed E-state index contributed by atoms with van der Waals surface area (Å²) in [4.78, 5) is 0. The van der Waals surface area contributed by atoms with Gasteiger partial charge in [-0.05, 0) is 0 Å². The number of para-hydroxylation sites is 1. The summed E-state index contributed by atoms with van der Waals surface area (Å²) in [5.41, 5.74) is -3.19. The Kier molecular flexibility index (Phi) is 5.42. The highest BCUT2D eigenvalue weighted by Gasteiger charge is 2.51. The fraction of sp³-hybridized carbons (Fsp3) is 0.500. The zero-order valence-electron chi connectivity index (χ0n) is 10.8. The van der Waals surface area contributed by atoms with Crippen LogP contribution in [-0.4, -0.2) is 30.3 Å². The van der Waals surface area contributed by atoms with Crippen molar-refractivity contribution in [3.05, 3.63) is 29.3 Å². The Balaban J connectivity index is 3.52. The first kappa shape index (κ1) is 19.4. The summed E-state index contributed by atoms with van der Waals surface area (Å²) in [6.07, 6.45) is -19.4. The van der Waals surface area contributed by atoms with Crippen molar-refractivity contribution < 1.29 is 49.0 Å². The van der Waals surface area contributed by atoms with Crippen molar-refractivity contribution in [2.75, 3.05) is 0 Å². The van der Waals surface area contributed by atoms with E-state index in [1.165, 1.54) is 0 Å². The molecule has 0 saturated carbocycles. The summed E-state index contributed by atoms with van der Waals surface area (Å²) in [6, 6.07) is 1.08. The number of rotatable bonds is 4. The lowest BCUT2D eigenvalue weighted by Gasteiger charge is -2.25. The van der Waals surface area contributed by atoms with E-state index in [4.69, 9.17) is 0 Å². The zero-order chi connectivity index (χ0) is 18.2. The lowest BCUT2D eigenvalue weighted by Crippen LogP contribution is -2.29. The minimum absolute atomic E-state index is 0.308. The maximum Gasteiger partial charge on any atom is 0.401 e. The SMILES string of the molecule is Oc1c(C(C(F)F)C(F)(F)F)cccc1C(C(F)F)C(F)(F)F. The van der Waals surface area contributed by atoms with Gasteiger partial charge in [-0.3, -0.25) is 0 Å². The van der Waals surface area contributed by atoms with Gasteiger partial charge in [0.05, 0.1) is 0 Å². The van der Waals surface area contributed by atoms with Crippen LogP contribution in [-0.2, 0) is 0 Å². The highest BCUT2D eigenvalue weighted by Crippen LogP contribution is 2.48. The summed E-state index contributed by atoms with van der Waals surface area (Å²) in [6.45, 7) is 0. The first-order valence-corrected chi connectivity index (χ1v) is 5.80. The molecule has 0 heterocycles. The van der Waals surface area contributed by atoms with Gasteiger partial charge in [0.1, 0.15) is 17.6 Å². The standard InChI is InChI=1S/C12H8F10O/c13-9(14)6(11(17,18)19)4-2-1-3-5(8(4)23)7(10(15)16)12(20,21)22/h1-3,6-7,9-10,23H. The minimum Gasteiger partial charge on any atom is -0.507 e. The Morgan fingerprint density at radius 1 is 0.696 bits per heavy atom. The first-order chi connectivity index (χ1) is 10.3. The predicted molar refractivity (Wildman–Crippen MR) is 57.7 cm³/mol. The lowest BCUT2D eigenvalue weighted by molar-refractivity contribution is -0.179. The zero-order valence-corrected chi connectivity index (χ0v) is 10.8. The van der Waals surface area contributed by atoms with Gasteiger partial charge in [0.15, 0.2) is 0 Å². The molecule has 0 aromatic heterocycles. The Morgan fingerprint density at radius 2 is 1.00 bits per heavy atom. The van der Waals surface area contributed by atoms with Crippen LogP contribution in [0.3, 0.4) is 0 Å². The van der Waals surface area contributed by atoms with E-state index in [9.17, 15) is 49.0 Å². The van der Waals surface area contributed by atoms with E-state index >= 15 is 0 Å². The number of alkyl halides is 10. The average Bonchev–Trinajstić information content (AvgIpc) is 2.29. The molecule has 0 aliphatic carbocycles. The highest BCUT2D eigenvalue weighted by molar-refractivity contribution is 5.46. The van der Waals surface area contributed by atoms with Crippen LogP contribution >= 0.6 is 0 Å². The fourth-order valence-corrected chi connectivity index (χ4v) is 1.99. The van der Waals surface area contributed by atoms with E-state index in [2.05, 4.69) is 0 Å². The van der Waals surface area contributed by atoms with Crippen LogP contribution < -0.4 is 0 Å². The number of hydrogen-bond donors (Lipinski definition) is 1. The van der Waals surface area contributed by atoms with Crippen molar-refractivity contribution in [1.82, 2.24) is 0 Å². The molecule has 11 heteroatoms. The second-order valence-corrected chi connectivity index (χ2v) is 4.49. The molecule has 132 valence electrons. The second kappa shape index (κ2) is 6.44. The van der Waals surface area contributed by atoms with E-state index in [-0.39, 0.29) is 0 Å². The summed E-state index contributed by atoms with van der Waals surface area (Å²) in [7, 11) is 0. The van der Waals surface area contributed by atoms with E-state index < -0.39 is 53.9 Å². The first-order valence-electron chi connectivity index (χ1n) is 5.80. The lowest BCUT2D eigenvalue weighted by atomic mass is 9.90. The molecule has 0 spiro atoms. The molecule has 1 aromatic carbocycles. The van der Waals surface area contributed by atoms with Crippen molar-refractivity contribution in [2.45, 2.75) is 37.0 Å². The third-order valence-electron chi connectivity index (χ3n) is 2.98. The topological polar surface area (TPSA) is 20.2 Å². The Morgan fingerprint density at radius 3 is 1.22 bits per heavy atom. The van der Waals surface area contributed by atoms with Crippen LogP contribution in [0.4, 0.5) is 43.9 Å². The van der Waals surface area contributed by atoms with E-state index in [1.54, 1.807) is 0 Å². The molecule has 0 fully saturated rings. The van der Waals surface area contributed by atoms with Gasteiger partial charge < -0.3 is 5.11 Å². The second-order valence-electron chi connectivity index (χ2n) is 4.49. The van der Waals surface area contributed by atoms with Crippen LogP contribution in [0.2, 0.25) is 0 Å². The van der Waals surface area contributed by atoms with Crippen LogP contribution in [0, 0.1) is 0 Å². The summed E-state index contributed by atoms with van der Waals surface area (Å²) in [5.74, 6) is -9.08. The number of halogens is 10. The molecule has 0 bridgehead atoms. The van der Waals surface area contributed by atoms with Crippen molar-refractivity contribution in [3.63, 3.8) is 0 Å². The molecule has 1 nitrogen and oxygen atoms in total. The Bertz CT molecular complexity index is 489. The van der Waals surface area contributed by atoms with Gasteiger partial charge in [0.2, 0.25) is 0 Å². The molecule has 1 aromatic rings. The van der Waals surface area contributed by atoms with Crippen molar-refractivity contribution in [3.8, 4) is 5.75 Å². The predicted octanol–water partition coefficient (Wildman–Crippen LogP) is 5.21. The van der Waals surface area contributed by atoms with Crippen LogP contribution in [0.25, 0.3) is 0 Å². The molecule has 1 rings (SSSR count). The van der Waals surface area contributed by atoms with E-state index in [1.807, 2.05) is 0 Å². The van der Waals surface area contributed by atoms with Crippen molar-refractivity contribution >= 4 is 0 Å². The van der Waals surface area contributed by atoms with Gasteiger partial charge in [0.25, 0.3) is 12.9 Å². The van der Waals surface area contributed by atoms with Gasteiger partial charge in [0, 0.05) is 11.1 Å².